The number of pyridine rings is 1. The minimum Gasteiger partial charge on any atom is -0.313 e. The van der Waals surface area contributed by atoms with Crippen molar-refractivity contribution in [3.8, 4) is 0 Å². The van der Waals surface area contributed by atoms with E-state index in [-0.39, 0.29) is 0 Å². The van der Waals surface area contributed by atoms with Crippen molar-refractivity contribution in [3.05, 3.63) is 77.1 Å². The number of benzene rings is 1. The third-order valence-corrected chi connectivity index (χ3v) is 5.26. The van der Waals surface area contributed by atoms with Crippen LogP contribution < -0.4 is 5.32 Å². The van der Waals surface area contributed by atoms with Gasteiger partial charge >= 0.3 is 0 Å². The van der Waals surface area contributed by atoms with E-state index in [2.05, 4.69) is 91.7 Å². The molecule has 0 atom stereocenters. The van der Waals surface area contributed by atoms with Crippen molar-refractivity contribution >= 4 is 11.6 Å². The third-order valence-electron chi connectivity index (χ3n) is 5.26. The summed E-state index contributed by atoms with van der Waals surface area (Å²) in [5.74, 6) is 0.669. The summed E-state index contributed by atoms with van der Waals surface area (Å²) in [5.41, 5.74) is 5.80. The fourth-order valence-electron chi connectivity index (χ4n) is 3.62. The molecule has 0 saturated carbocycles. The maximum absolute atomic E-state index is 4.95. The quantitative estimate of drug-likeness (QED) is 0.599. The van der Waals surface area contributed by atoms with Gasteiger partial charge in [0.25, 0.3) is 0 Å². The van der Waals surface area contributed by atoms with E-state index >= 15 is 0 Å². The van der Waals surface area contributed by atoms with Crippen LogP contribution in [0.1, 0.15) is 49.2 Å². The lowest BCUT2D eigenvalue weighted by molar-refractivity contribution is 0.377. The summed E-state index contributed by atoms with van der Waals surface area (Å²) in [6, 6.07) is 15.1. The van der Waals surface area contributed by atoms with Crippen LogP contribution >= 0.6 is 0 Å². The lowest BCUT2D eigenvalue weighted by Crippen LogP contribution is -2.19. The standard InChI is InChI=1S/C26H35N3/c1-21(2)20-27-16-7-9-24-8-6-10-26(28-24)25(15-19-29-17-4-5-18-29)23-13-11-22(3)12-14-23/h6-15,21,27H,4-5,16-20H2,1-3H3/b9-7+,25-15+. The van der Waals surface area contributed by atoms with Gasteiger partial charge in [-0.25, -0.2) is 4.98 Å². The number of hydrogen-bond acceptors (Lipinski definition) is 3. The summed E-state index contributed by atoms with van der Waals surface area (Å²) < 4.78 is 0. The first-order chi connectivity index (χ1) is 14.1. The summed E-state index contributed by atoms with van der Waals surface area (Å²) >= 11 is 0. The van der Waals surface area contributed by atoms with Gasteiger partial charge in [-0.2, -0.15) is 0 Å². The average molecular weight is 390 g/mol. The number of aryl methyl sites for hydroxylation is 1. The van der Waals surface area contributed by atoms with Crippen molar-refractivity contribution in [1.82, 2.24) is 15.2 Å². The summed E-state index contributed by atoms with van der Waals surface area (Å²) in [6.45, 7) is 11.9. The van der Waals surface area contributed by atoms with Gasteiger partial charge in [0.2, 0.25) is 0 Å². The van der Waals surface area contributed by atoms with E-state index in [1.54, 1.807) is 0 Å². The molecule has 3 heteroatoms. The van der Waals surface area contributed by atoms with Crippen molar-refractivity contribution in [3.63, 3.8) is 0 Å². The van der Waals surface area contributed by atoms with Gasteiger partial charge in [-0.3, -0.25) is 4.90 Å². The largest absolute Gasteiger partial charge is 0.313 e. The SMILES string of the molecule is Cc1ccc(/C(=C\CN2CCCC2)c2cccc(/C=C/CNCC(C)C)n2)cc1. The molecular weight excluding hydrogens is 354 g/mol. The molecule has 3 nitrogen and oxygen atoms in total. The molecule has 3 rings (SSSR count). The first kappa shape index (κ1) is 21.5. The van der Waals surface area contributed by atoms with Crippen LogP contribution in [0, 0.1) is 12.8 Å². The Morgan fingerprint density at radius 3 is 2.59 bits per heavy atom. The van der Waals surface area contributed by atoms with Crippen LogP contribution in [-0.2, 0) is 0 Å². The normalized spacial score (nSPS) is 15.7. The highest BCUT2D eigenvalue weighted by Gasteiger charge is 2.12. The molecule has 1 saturated heterocycles. The molecule has 1 aliphatic rings. The predicted octanol–water partition coefficient (Wildman–Crippen LogP) is 5.18. The molecule has 1 aromatic carbocycles. The summed E-state index contributed by atoms with van der Waals surface area (Å²) in [7, 11) is 0. The number of nitrogens with one attached hydrogen (secondary N) is 1. The number of likely N-dealkylation sites (tertiary alicyclic amines) is 1. The summed E-state index contributed by atoms with van der Waals surface area (Å²) in [6.07, 6.45) is 9.27. The Hall–Kier alpha value is -2.23. The Balaban J connectivity index is 1.78. The van der Waals surface area contributed by atoms with Crippen LogP contribution in [0.5, 0.6) is 0 Å². The minimum absolute atomic E-state index is 0.669. The van der Waals surface area contributed by atoms with Crippen molar-refractivity contribution in [2.45, 2.75) is 33.6 Å². The molecule has 0 unspecified atom stereocenters. The molecule has 2 aromatic rings. The van der Waals surface area contributed by atoms with Gasteiger partial charge in [-0.15, -0.1) is 0 Å². The topological polar surface area (TPSA) is 28.2 Å². The molecule has 1 N–H and O–H groups in total. The van der Waals surface area contributed by atoms with Crippen LogP contribution in [0.2, 0.25) is 0 Å². The van der Waals surface area contributed by atoms with Crippen molar-refractivity contribution in [2.24, 2.45) is 5.92 Å². The molecule has 2 heterocycles. The van der Waals surface area contributed by atoms with Gasteiger partial charge in [-0.1, -0.05) is 61.9 Å². The van der Waals surface area contributed by atoms with E-state index in [9.17, 15) is 0 Å². The highest BCUT2D eigenvalue weighted by Crippen LogP contribution is 2.23. The Morgan fingerprint density at radius 2 is 1.86 bits per heavy atom. The zero-order valence-electron chi connectivity index (χ0n) is 18.2. The van der Waals surface area contributed by atoms with E-state index < -0.39 is 0 Å². The molecule has 0 aliphatic carbocycles. The van der Waals surface area contributed by atoms with Crippen molar-refractivity contribution in [1.29, 1.82) is 0 Å². The third kappa shape index (κ3) is 6.95. The zero-order chi connectivity index (χ0) is 20.5. The second-order valence-electron chi connectivity index (χ2n) is 8.39. The highest BCUT2D eigenvalue weighted by atomic mass is 15.1. The molecule has 0 amide bonds. The summed E-state index contributed by atoms with van der Waals surface area (Å²) in [4.78, 5) is 7.47. The first-order valence-corrected chi connectivity index (χ1v) is 11.0. The first-order valence-electron chi connectivity index (χ1n) is 11.0. The van der Waals surface area contributed by atoms with Crippen LogP contribution in [-0.4, -0.2) is 42.6 Å². The number of nitrogens with zero attached hydrogens (tertiary/aromatic N) is 2. The lowest BCUT2D eigenvalue weighted by Gasteiger charge is -2.14. The van der Waals surface area contributed by atoms with E-state index in [0.717, 1.165) is 31.0 Å². The number of hydrogen-bond donors (Lipinski definition) is 1. The van der Waals surface area contributed by atoms with Gasteiger partial charge in [0, 0.05) is 18.7 Å². The predicted molar refractivity (Wildman–Crippen MR) is 125 cm³/mol. The van der Waals surface area contributed by atoms with Gasteiger partial charge in [0.1, 0.15) is 0 Å². The van der Waals surface area contributed by atoms with Gasteiger partial charge < -0.3 is 5.32 Å². The molecule has 1 aromatic heterocycles. The monoisotopic (exact) mass is 389 g/mol. The maximum atomic E-state index is 4.95. The summed E-state index contributed by atoms with van der Waals surface area (Å²) in [5, 5.41) is 3.44. The Bertz CT molecular complexity index is 812. The lowest BCUT2D eigenvalue weighted by atomic mass is 10.00. The second-order valence-corrected chi connectivity index (χ2v) is 8.39. The van der Waals surface area contributed by atoms with E-state index in [0.29, 0.717) is 5.92 Å². The highest BCUT2D eigenvalue weighted by molar-refractivity contribution is 5.78. The van der Waals surface area contributed by atoms with Gasteiger partial charge in [0.15, 0.2) is 0 Å². The van der Waals surface area contributed by atoms with Crippen LogP contribution in [0.4, 0.5) is 0 Å². The van der Waals surface area contributed by atoms with Crippen LogP contribution in [0.3, 0.4) is 0 Å². The van der Waals surface area contributed by atoms with Crippen molar-refractivity contribution < 1.29 is 0 Å². The minimum atomic E-state index is 0.669. The molecule has 1 aliphatic heterocycles. The zero-order valence-corrected chi connectivity index (χ0v) is 18.2. The second kappa shape index (κ2) is 11.1. The van der Waals surface area contributed by atoms with E-state index in [4.69, 9.17) is 4.98 Å². The molecule has 0 spiro atoms. The molecule has 154 valence electrons. The van der Waals surface area contributed by atoms with Gasteiger partial charge in [0.05, 0.1) is 11.4 Å². The fourth-order valence-corrected chi connectivity index (χ4v) is 3.62. The number of aromatic nitrogens is 1. The van der Waals surface area contributed by atoms with Crippen LogP contribution in [0.25, 0.3) is 11.6 Å². The fraction of sp³-hybridized carbons (Fsp3) is 0.423. The Morgan fingerprint density at radius 1 is 1.10 bits per heavy atom. The van der Waals surface area contributed by atoms with Crippen LogP contribution in [0.15, 0.2) is 54.6 Å². The smallest absolute Gasteiger partial charge is 0.0712 e. The maximum Gasteiger partial charge on any atom is 0.0712 e. The molecule has 0 radical (unpaired) electrons. The molecular formula is C26H35N3. The Labute approximate surface area is 176 Å². The van der Waals surface area contributed by atoms with Gasteiger partial charge in [-0.05, 0) is 69.1 Å². The molecule has 29 heavy (non-hydrogen) atoms. The molecule has 0 bridgehead atoms. The molecule has 1 fully saturated rings. The number of rotatable bonds is 9. The van der Waals surface area contributed by atoms with E-state index in [1.807, 2.05) is 0 Å². The average Bonchev–Trinajstić information content (AvgIpc) is 3.23. The van der Waals surface area contributed by atoms with Crippen molar-refractivity contribution in [2.75, 3.05) is 32.7 Å². The Kier molecular flexibility index (Phi) is 8.21. The van der Waals surface area contributed by atoms with E-state index in [1.165, 1.54) is 42.6 Å².